The van der Waals surface area contributed by atoms with Crippen LogP contribution in [0.2, 0.25) is 0 Å². The summed E-state index contributed by atoms with van der Waals surface area (Å²) in [6.07, 6.45) is 3.12. The number of thiophene rings is 1. The van der Waals surface area contributed by atoms with E-state index < -0.39 is 6.03 Å². The molecule has 23 heavy (non-hydrogen) atoms. The maximum atomic E-state index is 12.1. The van der Waals surface area contributed by atoms with E-state index in [2.05, 4.69) is 16.7 Å². The van der Waals surface area contributed by atoms with Crippen LogP contribution in [0.5, 0.6) is 0 Å². The molecule has 0 aromatic carbocycles. The average molecular weight is 339 g/mol. The molecule has 0 bridgehead atoms. The number of nitrogens with one attached hydrogen (secondary N) is 2. The summed E-state index contributed by atoms with van der Waals surface area (Å²) in [5.41, 5.74) is 0. The molecule has 1 unspecified atom stereocenters. The summed E-state index contributed by atoms with van der Waals surface area (Å²) in [6, 6.07) is 3.63. The Morgan fingerprint density at radius 1 is 1.48 bits per heavy atom. The van der Waals surface area contributed by atoms with Gasteiger partial charge in [0.05, 0.1) is 12.6 Å². The van der Waals surface area contributed by atoms with Crippen LogP contribution in [-0.2, 0) is 16.1 Å². The zero-order valence-corrected chi connectivity index (χ0v) is 14.4. The zero-order valence-electron chi connectivity index (χ0n) is 13.5. The first-order valence-corrected chi connectivity index (χ1v) is 8.99. The molecule has 2 N–H and O–H groups in total. The van der Waals surface area contributed by atoms with E-state index in [1.165, 1.54) is 4.88 Å². The summed E-state index contributed by atoms with van der Waals surface area (Å²) in [7, 11) is 0. The van der Waals surface area contributed by atoms with Gasteiger partial charge < -0.3 is 10.1 Å². The van der Waals surface area contributed by atoms with Crippen LogP contribution in [0.3, 0.4) is 0 Å². The van der Waals surface area contributed by atoms with E-state index in [4.69, 9.17) is 4.74 Å². The number of carbonyl (C=O) groups is 2. The number of rotatable bonds is 8. The summed E-state index contributed by atoms with van der Waals surface area (Å²) in [4.78, 5) is 26.9. The van der Waals surface area contributed by atoms with Crippen LogP contribution in [0.25, 0.3) is 0 Å². The van der Waals surface area contributed by atoms with Crippen molar-refractivity contribution in [1.29, 1.82) is 0 Å². The summed E-state index contributed by atoms with van der Waals surface area (Å²) in [5.74, 6) is -0.284. The monoisotopic (exact) mass is 339 g/mol. The molecule has 1 aromatic rings. The van der Waals surface area contributed by atoms with Crippen molar-refractivity contribution >= 4 is 23.3 Å². The Kier molecular flexibility index (Phi) is 7.51. The van der Waals surface area contributed by atoms with Crippen LogP contribution in [0.15, 0.2) is 17.5 Å². The van der Waals surface area contributed by atoms with Gasteiger partial charge in [-0.15, -0.1) is 11.3 Å². The summed E-state index contributed by atoms with van der Waals surface area (Å²) < 4.78 is 5.67. The fourth-order valence-corrected chi connectivity index (χ4v) is 3.28. The number of amides is 3. The minimum absolute atomic E-state index is 0.177. The molecule has 1 saturated heterocycles. The third-order valence-electron chi connectivity index (χ3n) is 3.60. The molecule has 7 heteroatoms. The molecule has 0 saturated carbocycles. The van der Waals surface area contributed by atoms with Gasteiger partial charge in [-0.25, -0.2) is 4.79 Å². The number of hydrogen-bond acceptors (Lipinski definition) is 5. The van der Waals surface area contributed by atoms with Gasteiger partial charge in [-0.3, -0.25) is 15.0 Å². The molecule has 2 heterocycles. The van der Waals surface area contributed by atoms with E-state index in [1.807, 2.05) is 23.3 Å². The molecule has 0 aliphatic carbocycles. The lowest BCUT2D eigenvalue weighted by Gasteiger charge is -2.24. The predicted octanol–water partition coefficient (Wildman–Crippen LogP) is 1.96. The maximum Gasteiger partial charge on any atom is 0.321 e. The highest BCUT2D eigenvalue weighted by Gasteiger charge is 2.21. The highest BCUT2D eigenvalue weighted by molar-refractivity contribution is 7.09. The predicted molar refractivity (Wildman–Crippen MR) is 90.4 cm³/mol. The van der Waals surface area contributed by atoms with Gasteiger partial charge in [-0.2, -0.15) is 0 Å². The molecular weight excluding hydrogens is 314 g/mol. The van der Waals surface area contributed by atoms with Crippen molar-refractivity contribution in [2.45, 2.75) is 38.8 Å². The normalized spacial score (nSPS) is 17.4. The van der Waals surface area contributed by atoms with E-state index in [0.29, 0.717) is 19.6 Å². The number of urea groups is 1. The van der Waals surface area contributed by atoms with Crippen LogP contribution in [0, 0.1) is 0 Å². The van der Waals surface area contributed by atoms with Crippen molar-refractivity contribution in [2.75, 3.05) is 26.2 Å². The summed E-state index contributed by atoms with van der Waals surface area (Å²) in [6.45, 7) is 4.92. The molecule has 1 fully saturated rings. The van der Waals surface area contributed by atoms with Crippen LogP contribution in [0.4, 0.5) is 4.79 Å². The van der Waals surface area contributed by atoms with Gasteiger partial charge in [0, 0.05) is 31.1 Å². The van der Waals surface area contributed by atoms with Gasteiger partial charge in [0.1, 0.15) is 0 Å². The Balaban J connectivity index is 1.85. The lowest BCUT2D eigenvalue weighted by molar-refractivity contribution is -0.121. The van der Waals surface area contributed by atoms with Crippen molar-refractivity contribution < 1.29 is 14.3 Å². The molecule has 1 aliphatic rings. The summed E-state index contributed by atoms with van der Waals surface area (Å²) >= 11 is 1.67. The third-order valence-corrected chi connectivity index (χ3v) is 4.46. The molecule has 128 valence electrons. The highest BCUT2D eigenvalue weighted by atomic mass is 32.1. The Hall–Kier alpha value is -1.44. The number of imide groups is 1. The molecule has 3 amide bonds. The molecule has 1 atom stereocenters. The van der Waals surface area contributed by atoms with Crippen molar-refractivity contribution in [3.05, 3.63) is 22.4 Å². The smallest absolute Gasteiger partial charge is 0.321 e. The fraction of sp³-hybridized carbons (Fsp3) is 0.625. The second-order valence-corrected chi connectivity index (χ2v) is 6.72. The molecule has 0 spiro atoms. The van der Waals surface area contributed by atoms with Crippen LogP contribution < -0.4 is 10.6 Å². The Labute approximate surface area is 141 Å². The molecule has 6 nitrogen and oxygen atoms in total. The first-order valence-electron chi connectivity index (χ1n) is 8.11. The molecule has 1 aromatic heterocycles. The van der Waals surface area contributed by atoms with Gasteiger partial charge in [-0.05, 0) is 30.7 Å². The minimum atomic E-state index is -0.426. The van der Waals surface area contributed by atoms with Gasteiger partial charge >= 0.3 is 6.03 Å². The quantitative estimate of drug-likeness (QED) is 0.760. The van der Waals surface area contributed by atoms with Crippen molar-refractivity contribution in [1.82, 2.24) is 15.5 Å². The first kappa shape index (κ1) is 17.9. The van der Waals surface area contributed by atoms with E-state index >= 15 is 0 Å². The number of hydrogen-bond donors (Lipinski definition) is 2. The van der Waals surface area contributed by atoms with Crippen molar-refractivity contribution in [2.24, 2.45) is 0 Å². The van der Waals surface area contributed by atoms with E-state index in [0.717, 1.165) is 25.9 Å². The van der Waals surface area contributed by atoms with E-state index in [9.17, 15) is 9.59 Å². The molecular formula is C16H25N3O3S. The van der Waals surface area contributed by atoms with Gasteiger partial charge in [0.15, 0.2) is 0 Å². The van der Waals surface area contributed by atoms with Crippen LogP contribution in [0.1, 0.15) is 31.1 Å². The third kappa shape index (κ3) is 6.68. The van der Waals surface area contributed by atoms with Crippen LogP contribution >= 0.6 is 11.3 Å². The highest BCUT2D eigenvalue weighted by Crippen LogP contribution is 2.16. The standard InChI is InChI=1S/C16H25N3O3S/c1-2-7-17-16(21)18-15(20)12-19(10-13-5-3-8-22-13)11-14-6-4-9-23-14/h4,6,9,13H,2-3,5,7-8,10-12H2,1H3,(H2,17,18,20,21). The van der Waals surface area contributed by atoms with Gasteiger partial charge in [0.2, 0.25) is 5.91 Å². The van der Waals surface area contributed by atoms with Gasteiger partial charge in [0.25, 0.3) is 0 Å². The average Bonchev–Trinajstić information content (AvgIpc) is 3.18. The molecule has 1 aliphatic heterocycles. The maximum absolute atomic E-state index is 12.1. The van der Waals surface area contributed by atoms with E-state index in [-0.39, 0.29) is 18.6 Å². The van der Waals surface area contributed by atoms with Crippen molar-refractivity contribution in [3.8, 4) is 0 Å². The zero-order chi connectivity index (χ0) is 16.5. The largest absolute Gasteiger partial charge is 0.377 e. The Morgan fingerprint density at radius 2 is 2.35 bits per heavy atom. The van der Waals surface area contributed by atoms with Gasteiger partial charge in [-0.1, -0.05) is 13.0 Å². The Morgan fingerprint density at radius 3 is 3.00 bits per heavy atom. The summed E-state index contributed by atoms with van der Waals surface area (Å²) in [5, 5.41) is 7.05. The van der Waals surface area contributed by atoms with E-state index in [1.54, 1.807) is 11.3 Å². The first-order chi connectivity index (χ1) is 11.2. The second-order valence-electron chi connectivity index (χ2n) is 5.69. The minimum Gasteiger partial charge on any atom is -0.377 e. The molecule has 0 radical (unpaired) electrons. The lowest BCUT2D eigenvalue weighted by Crippen LogP contribution is -2.45. The topological polar surface area (TPSA) is 70.7 Å². The lowest BCUT2D eigenvalue weighted by atomic mass is 10.2. The number of nitrogens with zero attached hydrogens (tertiary/aromatic N) is 1. The fourth-order valence-electron chi connectivity index (χ4n) is 2.54. The number of ether oxygens (including phenoxy) is 1. The van der Waals surface area contributed by atoms with Crippen molar-refractivity contribution in [3.63, 3.8) is 0 Å². The Bertz CT molecular complexity index is 487. The second kappa shape index (κ2) is 9.64. The SMILES string of the molecule is CCCNC(=O)NC(=O)CN(Cc1cccs1)CC1CCCO1. The van der Waals surface area contributed by atoms with Crippen LogP contribution in [-0.4, -0.2) is 49.2 Å². The molecule has 2 rings (SSSR count). The number of carbonyl (C=O) groups excluding carboxylic acids is 2.